The lowest BCUT2D eigenvalue weighted by Crippen LogP contribution is -2.55. The zero-order valence-corrected chi connectivity index (χ0v) is 23.6. The topological polar surface area (TPSA) is 117 Å². The van der Waals surface area contributed by atoms with Crippen LogP contribution in [-0.2, 0) is 14.4 Å². The molecule has 4 amide bonds. The molecule has 10 nitrogen and oxygen atoms in total. The van der Waals surface area contributed by atoms with Gasteiger partial charge < -0.3 is 29.9 Å². The van der Waals surface area contributed by atoms with Crippen LogP contribution in [0.25, 0.3) is 0 Å². The van der Waals surface area contributed by atoms with E-state index in [2.05, 4.69) is 10.6 Å². The largest absolute Gasteiger partial charge is 0.491 e. The fourth-order valence-corrected chi connectivity index (χ4v) is 5.04. The number of carbonyl (C=O) groups is 4. The molecule has 220 valence electrons. The van der Waals surface area contributed by atoms with E-state index in [9.17, 15) is 23.6 Å². The van der Waals surface area contributed by atoms with E-state index < -0.39 is 35.6 Å². The van der Waals surface area contributed by atoms with Crippen molar-refractivity contribution in [2.75, 3.05) is 33.4 Å². The summed E-state index contributed by atoms with van der Waals surface area (Å²) in [5.41, 5.74) is 0.212. The molecule has 1 fully saturated rings. The summed E-state index contributed by atoms with van der Waals surface area (Å²) in [6.07, 6.45) is 1.18. The first-order valence-electron chi connectivity index (χ1n) is 13.9. The van der Waals surface area contributed by atoms with Crippen molar-refractivity contribution in [1.82, 2.24) is 20.4 Å². The molecule has 0 saturated carbocycles. The zero-order chi connectivity index (χ0) is 29.5. The van der Waals surface area contributed by atoms with Crippen LogP contribution in [0.3, 0.4) is 0 Å². The quantitative estimate of drug-likeness (QED) is 0.553. The summed E-state index contributed by atoms with van der Waals surface area (Å²) in [5.74, 6) is -2.19. The number of nitrogens with one attached hydrogen (secondary N) is 2. The lowest BCUT2D eigenvalue weighted by atomic mass is 10.0. The van der Waals surface area contributed by atoms with Gasteiger partial charge in [0.05, 0.1) is 24.6 Å². The molecule has 0 unspecified atom stereocenters. The molecular weight excluding hydrogens is 531 g/mol. The van der Waals surface area contributed by atoms with Crippen LogP contribution in [0.4, 0.5) is 4.39 Å². The number of para-hydroxylation sites is 2. The van der Waals surface area contributed by atoms with Gasteiger partial charge in [-0.05, 0) is 43.0 Å². The second kappa shape index (κ2) is 13.5. The molecule has 2 aromatic rings. The molecule has 0 radical (unpaired) electrons. The molecule has 2 N–H and O–H groups in total. The SMILES string of the molecule is CC(C)[C@H]1NC(=O)C[C@@H](C(=O)N(C)CCOc2ccccc2F)NC(=O)c2ccccc2OC[C@@H]2CCCN2C1=O. The van der Waals surface area contributed by atoms with Crippen molar-refractivity contribution in [2.45, 2.75) is 51.2 Å². The molecule has 2 aromatic carbocycles. The third kappa shape index (κ3) is 7.33. The van der Waals surface area contributed by atoms with Gasteiger partial charge in [-0.15, -0.1) is 0 Å². The number of likely N-dealkylation sites (N-methyl/N-ethyl adjacent to an activating group) is 1. The summed E-state index contributed by atoms with van der Waals surface area (Å²) in [7, 11) is 1.51. The fourth-order valence-electron chi connectivity index (χ4n) is 5.04. The molecule has 11 heteroatoms. The Morgan fingerprint density at radius 2 is 1.85 bits per heavy atom. The number of rotatable bonds is 6. The van der Waals surface area contributed by atoms with E-state index in [0.717, 1.165) is 12.8 Å². The van der Waals surface area contributed by atoms with E-state index in [0.29, 0.717) is 12.3 Å². The van der Waals surface area contributed by atoms with Gasteiger partial charge in [0, 0.05) is 13.6 Å². The van der Waals surface area contributed by atoms with Crippen molar-refractivity contribution < 1.29 is 33.0 Å². The number of ether oxygens (including phenoxy) is 2. The van der Waals surface area contributed by atoms with Crippen molar-refractivity contribution >= 4 is 23.6 Å². The second-order valence-corrected chi connectivity index (χ2v) is 10.7. The maximum atomic E-state index is 13.9. The van der Waals surface area contributed by atoms with E-state index in [1.165, 1.54) is 24.1 Å². The van der Waals surface area contributed by atoms with Gasteiger partial charge in [0.15, 0.2) is 11.6 Å². The van der Waals surface area contributed by atoms with E-state index in [-0.39, 0.29) is 55.4 Å². The first kappa shape index (κ1) is 29.8. The van der Waals surface area contributed by atoms with E-state index >= 15 is 0 Å². The minimum absolute atomic E-state index is 0.00631. The zero-order valence-electron chi connectivity index (χ0n) is 23.6. The van der Waals surface area contributed by atoms with Crippen molar-refractivity contribution in [2.24, 2.45) is 5.92 Å². The number of hydrogen-bond donors (Lipinski definition) is 2. The van der Waals surface area contributed by atoms with Crippen molar-refractivity contribution in [3.8, 4) is 11.5 Å². The fraction of sp³-hybridized carbons (Fsp3) is 0.467. The summed E-state index contributed by atoms with van der Waals surface area (Å²) in [4.78, 5) is 56.7. The average molecular weight is 569 g/mol. The van der Waals surface area contributed by atoms with E-state index in [1.807, 2.05) is 13.8 Å². The lowest BCUT2D eigenvalue weighted by molar-refractivity contribution is -0.139. The molecule has 4 rings (SSSR count). The Kier molecular flexibility index (Phi) is 9.80. The highest BCUT2D eigenvalue weighted by molar-refractivity contribution is 6.01. The van der Waals surface area contributed by atoms with Gasteiger partial charge in [-0.3, -0.25) is 19.2 Å². The van der Waals surface area contributed by atoms with Gasteiger partial charge >= 0.3 is 0 Å². The molecule has 2 aliphatic rings. The smallest absolute Gasteiger partial charge is 0.255 e. The van der Waals surface area contributed by atoms with Crippen LogP contribution in [0.15, 0.2) is 48.5 Å². The van der Waals surface area contributed by atoms with Gasteiger partial charge in [0.1, 0.15) is 31.0 Å². The number of hydrogen-bond acceptors (Lipinski definition) is 6. The Labute approximate surface area is 239 Å². The van der Waals surface area contributed by atoms with Crippen LogP contribution in [0.2, 0.25) is 0 Å². The van der Waals surface area contributed by atoms with Gasteiger partial charge in [-0.1, -0.05) is 38.1 Å². The number of benzene rings is 2. The Morgan fingerprint density at radius 1 is 1.12 bits per heavy atom. The summed E-state index contributed by atoms with van der Waals surface area (Å²) in [6, 6.07) is 10.4. The minimum atomic E-state index is -1.24. The molecule has 0 bridgehead atoms. The van der Waals surface area contributed by atoms with E-state index in [4.69, 9.17) is 9.47 Å². The van der Waals surface area contributed by atoms with Gasteiger partial charge in [-0.2, -0.15) is 0 Å². The number of amides is 4. The minimum Gasteiger partial charge on any atom is -0.491 e. The second-order valence-electron chi connectivity index (χ2n) is 10.7. The average Bonchev–Trinajstić information content (AvgIpc) is 3.43. The van der Waals surface area contributed by atoms with Crippen LogP contribution >= 0.6 is 0 Å². The Bertz CT molecular complexity index is 1270. The van der Waals surface area contributed by atoms with Crippen LogP contribution in [0.5, 0.6) is 11.5 Å². The van der Waals surface area contributed by atoms with Crippen LogP contribution in [0.1, 0.15) is 43.5 Å². The van der Waals surface area contributed by atoms with Crippen molar-refractivity contribution in [1.29, 1.82) is 0 Å². The van der Waals surface area contributed by atoms with Gasteiger partial charge in [0.2, 0.25) is 17.7 Å². The predicted molar refractivity (Wildman–Crippen MR) is 149 cm³/mol. The normalized spacial score (nSPS) is 21.6. The number of nitrogens with zero attached hydrogens (tertiary/aromatic N) is 2. The van der Waals surface area contributed by atoms with Crippen LogP contribution in [-0.4, -0.2) is 84.9 Å². The van der Waals surface area contributed by atoms with E-state index in [1.54, 1.807) is 41.3 Å². The van der Waals surface area contributed by atoms with Gasteiger partial charge in [0.25, 0.3) is 5.91 Å². The maximum Gasteiger partial charge on any atom is 0.255 e. The lowest BCUT2D eigenvalue weighted by Gasteiger charge is -2.32. The first-order chi connectivity index (χ1) is 19.7. The Balaban J connectivity index is 1.56. The summed E-state index contributed by atoms with van der Waals surface area (Å²) in [5, 5.41) is 5.49. The molecule has 0 aliphatic carbocycles. The van der Waals surface area contributed by atoms with Crippen molar-refractivity contribution in [3.63, 3.8) is 0 Å². The molecule has 2 heterocycles. The first-order valence-corrected chi connectivity index (χ1v) is 13.9. The molecule has 3 atom stereocenters. The van der Waals surface area contributed by atoms with Crippen LogP contribution < -0.4 is 20.1 Å². The Hall–Kier alpha value is -4.15. The Morgan fingerprint density at radius 3 is 2.61 bits per heavy atom. The van der Waals surface area contributed by atoms with Crippen LogP contribution in [0, 0.1) is 11.7 Å². The summed E-state index contributed by atoms with van der Waals surface area (Å²) in [6.45, 7) is 4.50. The standard InChI is InChI=1S/C30H37FN4O6/c1-19(2)27-30(39)35-14-8-9-20(35)18-41-24-12-6-4-10-21(24)28(37)32-23(17-26(36)33-27)29(38)34(3)15-16-40-25-13-7-5-11-22(25)31/h4-7,10-13,19-20,23,27H,8-9,14-18H2,1-3H3,(H,32,37)(H,33,36)/t20-,23-,27+/m0/s1. The molecule has 0 spiro atoms. The monoisotopic (exact) mass is 568 g/mol. The molecule has 41 heavy (non-hydrogen) atoms. The molecule has 2 aliphatic heterocycles. The molecule has 0 aromatic heterocycles. The number of carbonyl (C=O) groups excluding carboxylic acids is 4. The number of fused-ring (bicyclic) bond motifs is 2. The highest BCUT2D eigenvalue weighted by Gasteiger charge is 2.37. The molecule has 1 saturated heterocycles. The summed E-state index contributed by atoms with van der Waals surface area (Å²) >= 11 is 0. The maximum absolute atomic E-state index is 13.9. The van der Waals surface area contributed by atoms with Crippen molar-refractivity contribution in [3.05, 3.63) is 59.9 Å². The predicted octanol–water partition coefficient (Wildman–Crippen LogP) is 2.38. The highest BCUT2D eigenvalue weighted by Crippen LogP contribution is 2.24. The highest BCUT2D eigenvalue weighted by atomic mass is 19.1. The number of halogens is 1. The summed E-state index contributed by atoms with van der Waals surface area (Å²) < 4.78 is 25.4. The third-order valence-electron chi connectivity index (χ3n) is 7.36. The van der Waals surface area contributed by atoms with Gasteiger partial charge in [-0.25, -0.2) is 4.39 Å². The third-order valence-corrected chi connectivity index (χ3v) is 7.36. The molecular formula is C30H37FN4O6.